The van der Waals surface area contributed by atoms with Crippen LogP contribution in [0.3, 0.4) is 0 Å². The van der Waals surface area contributed by atoms with Gasteiger partial charge < -0.3 is 9.15 Å². The molecular weight excluding hydrogens is 366 g/mol. The summed E-state index contributed by atoms with van der Waals surface area (Å²) in [5.74, 6) is -0.00754. The van der Waals surface area contributed by atoms with Crippen LogP contribution in [0.5, 0.6) is 0 Å². The fourth-order valence-electron chi connectivity index (χ4n) is 3.85. The molecular formula is C24H25NO4. The van der Waals surface area contributed by atoms with Crippen LogP contribution >= 0.6 is 0 Å². The first-order valence-corrected chi connectivity index (χ1v) is 10.2. The standard InChI is InChI=1S/C24H25NO4/c1-17-8-3-4-9-18(17)22-16-21(26)19-10-7-11-20(23(19)29-22)24(27)28-15-14-25-12-5-2-6-13-25/h3-4,7-11,16H,2,5-6,12-15H2,1H3. The molecule has 5 nitrogen and oxygen atoms in total. The number of esters is 1. The molecule has 1 aliphatic rings. The molecule has 3 aromatic rings. The number of benzene rings is 2. The van der Waals surface area contributed by atoms with E-state index in [1.54, 1.807) is 18.2 Å². The summed E-state index contributed by atoms with van der Waals surface area (Å²) < 4.78 is 11.6. The molecule has 4 rings (SSSR count). The van der Waals surface area contributed by atoms with Crippen LogP contribution in [0.25, 0.3) is 22.3 Å². The summed E-state index contributed by atoms with van der Waals surface area (Å²) in [6.07, 6.45) is 3.67. The van der Waals surface area contributed by atoms with Gasteiger partial charge in [0.2, 0.25) is 0 Å². The number of nitrogens with zero attached hydrogens (tertiary/aromatic N) is 1. The highest BCUT2D eigenvalue weighted by Gasteiger charge is 2.18. The fourth-order valence-corrected chi connectivity index (χ4v) is 3.85. The summed E-state index contributed by atoms with van der Waals surface area (Å²) in [5.41, 5.74) is 2.22. The third kappa shape index (κ3) is 4.25. The normalized spacial score (nSPS) is 14.8. The van der Waals surface area contributed by atoms with Crippen LogP contribution in [0.4, 0.5) is 0 Å². The molecule has 0 spiro atoms. The van der Waals surface area contributed by atoms with Gasteiger partial charge in [-0.1, -0.05) is 36.8 Å². The molecule has 1 saturated heterocycles. The van der Waals surface area contributed by atoms with E-state index < -0.39 is 5.97 Å². The number of piperidine rings is 1. The Morgan fingerprint density at radius 3 is 2.66 bits per heavy atom. The fraction of sp³-hybridized carbons (Fsp3) is 0.333. The molecule has 0 aliphatic carbocycles. The van der Waals surface area contributed by atoms with E-state index in [0.29, 0.717) is 17.8 Å². The molecule has 0 atom stereocenters. The minimum Gasteiger partial charge on any atom is -0.461 e. The summed E-state index contributed by atoms with van der Waals surface area (Å²) in [5, 5.41) is 0.382. The Morgan fingerprint density at radius 2 is 1.86 bits per heavy atom. The Morgan fingerprint density at radius 1 is 1.07 bits per heavy atom. The molecule has 1 fully saturated rings. The van der Waals surface area contributed by atoms with Crippen LogP contribution in [0.15, 0.2) is 57.7 Å². The Kier molecular flexibility index (Phi) is 5.76. The maximum Gasteiger partial charge on any atom is 0.342 e. The maximum atomic E-state index is 12.7. The number of aryl methyl sites for hydroxylation is 1. The first-order chi connectivity index (χ1) is 14.1. The SMILES string of the molecule is Cc1ccccc1-c1cc(=O)c2cccc(C(=O)OCCN3CCCCC3)c2o1. The zero-order valence-electron chi connectivity index (χ0n) is 16.6. The molecule has 150 valence electrons. The number of rotatable bonds is 5. The van der Waals surface area contributed by atoms with E-state index in [9.17, 15) is 9.59 Å². The van der Waals surface area contributed by atoms with Gasteiger partial charge in [0.15, 0.2) is 11.0 Å². The highest BCUT2D eigenvalue weighted by Crippen LogP contribution is 2.27. The molecule has 0 bridgehead atoms. The lowest BCUT2D eigenvalue weighted by Crippen LogP contribution is -2.33. The van der Waals surface area contributed by atoms with E-state index in [1.165, 1.54) is 25.3 Å². The zero-order chi connectivity index (χ0) is 20.2. The van der Waals surface area contributed by atoms with Crippen LogP contribution in [-0.2, 0) is 4.74 Å². The smallest absolute Gasteiger partial charge is 0.342 e. The van der Waals surface area contributed by atoms with Crippen molar-refractivity contribution in [3.63, 3.8) is 0 Å². The van der Waals surface area contributed by atoms with Crippen LogP contribution in [0.1, 0.15) is 35.2 Å². The molecule has 0 unspecified atom stereocenters. The third-order valence-corrected chi connectivity index (χ3v) is 5.47. The highest BCUT2D eigenvalue weighted by atomic mass is 16.5. The Bertz CT molecular complexity index is 1080. The lowest BCUT2D eigenvalue weighted by molar-refractivity contribution is 0.0453. The van der Waals surface area contributed by atoms with Gasteiger partial charge in [0.05, 0.1) is 5.39 Å². The molecule has 5 heteroatoms. The lowest BCUT2D eigenvalue weighted by Gasteiger charge is -2.25. The lowest BCUT2D eigenvalue weighted by atomic mass is 10.0. The minimum atomic E-state index is -0.460. The second-order valence-corrected chi connectivity index (χ2v) is 7.51. The molecule has 0 radical (unpaired) electrons. The minimum absolute atomic E-state index is 0.174. The van der Waals surface area contributed by atoms with E-state index in [1.807, 2.05) is 31.2 Å². The predicted molar refractivity (Wildman–Crippen MR) is 113 cm³/mol. The first kappa shape index (κ1) is 19.4. The van der Waals surface area contributed by atoms with Crippen LogP contribution < -0.4 is 5.43 Å². The van der Waals surface area contributed by atoms with Gasteiger partial charge in [-0.25, -0.2) is 4.79 Å². The average Bonchev–Trinajstić information content (AvgIpc) is 2.74. The number of carbonyl (C=O) groups is 1. The summed E-state index contributed by atoms with van der Waals surface area (Å²) in [7, 11) is 0. The number of carbonyl (C=O) groups excluding carboxylic acids is 1. The van der Waals surface area contributed by atoms with Crippen molar-refractivity contribution in [2.75, 3.05) is 26.2 Å². The first-order valence-electron chi connectivity index (χ1n) is 10.2. The Hall–Kier alpha value is -2.92. The quantitative estimate of drug-likeness (QED) is 0.603. The number of para-hydroxylation sites is 1. The van der Waals surface area contributed by atoms with Crippen molar-refractivity contribution in [2.24, 2.45) is 0 Å². The topological polar surface area (TPSA) is 59.8 Å². The van der Waals surface area contributed by atoms with Crippen LogP contribution in [-0.4, -0.2) is 37.1 Å². The van der Waals surface area contributed by atoms with Gasteiger partial charge in [0.1, 0.15) is 17.9 Å². The van der Waals surface area contributed by atoms with Crippen molar-refractivity contribution in [3.8, 4) is 11.3 Å². The number of hydrogen-bond acceptors (Lipinski definition) is 5. The van der Waals surface area contributed by atoms with Gasteiger partial charge in [0, 0.05) is 18.2 Å². The predicted octanol–water partition coefficient (Wildman–Crippen LogP) is 4.41. The van der Waals surface area contributed by atoms with E-state index in [0.717, 1.165) is 30.8 Å². The number of hydrogen-bond donors (Lipinski definition) is 0. The molecule has 0 saturated carbocycles. The van der Waals surface area contributed by atoms with Crippen molar-refractivity contribution in [1.82, 2.24) is 4.90 Å². The number of fused-ring (bicyclic) bond motifs is 1. The van der Waals surface area contributed by atoms with Crippen LogP contribution in [0.2, 0.25) is 0 Å². The van der Waals surface area contributed by atoms with E-state index >= 15 is 0 Å². The van der Waals surface area contributed by atoms with E-state index in [-0.39, 0.29) is 16.6 Å². The Balaban J connectivity index is 1.61. The average molecular weight is 391 g/mol. The summed E-state index contributed by atoms with van der Waals surface area (Å²) in [6.45, 7) is 5.13. The molecule has 0 amide bonds. The maximum absolute atomic E-state index is 12.7. The third-order valence-electron chi connectivity index (χ3n) is 5.47. The van der Waals surface area contributed by atoms with E-state index in [4.69, 9.17) is 9.15 Å². The Labute approximate surface area is 169 Å². The van der Waals surface area contributed by atoms with Crippen molar-refractivity contribution in [3.05, 3.63) is 69.9 Å². The molecule has 0 N–H and O–H groups in total. The number of ether oxygens (including phenoxy) is 1. The van der Waals surface area contributed by atoms with Crippen LogP contribution in [0, 0.1) is 6.92 Å². The summed E-state index contributed by atoms with van der Waals surface area (Å²) in [4.78, 5) is 27.7. The molecule has 1 aromatic heterocycles. The molecule has 1 aliphatic heterocycles. The molecule has 29 heavy (non-hydrogen) atoms. The van der Waals surface area contributed by atoms with Gasteiger partial charge in [-0.15, -0.1) is 0 Å². The van der Waals surface area contributed by atoms with Crippen molar-refractivity contribution in [1.29, 1.82) is 0 Å². The second-order valence-electron chi connectivity index (χ2n) is 7.51. The number of likely N-dealkylation sites (tertiary alicyclic amines) is 1. The largest absolute Gasteiger partial charge is 0.461 e. The van der Waals surface area contributed by atoms with Gasteiger partial charge in [-0.05, 0) is 50.6 Å². The van der Waals surface area contributed by atoms with Crippen molar-refractivity contribution < 1.29 is 13.9 Å². The van der Waals surface area contributed by atoms with Gasteiger partial charge >= 0.3 is 5.97 Å². The second kappa shape index (κ2) is 8.62. The summed E-state index contributed by atoms with van der Waals surface area (Å²) in [6, 6.07) is 14.2. The van der Waals surface area contributed by atoms with Crippen molar-refractivity contribution >= 4 is 16.9 Å². The molecule has 2 aromatic carbocycles. The monoisotopic (exact) mass is 391 g/mol. The highest BCUT2D eigenvalue weighted by molar-refractivity contribution is 6.02. The van der Waals surface area contributed by atoms with Crippen molar-refractivity contribution in [2.45, 2.75) is 26.2 Å². The zero-order valence-corrected chi connectivity index (χ0v) is 16.6. The van der Waals surface area contributed by atoms with Gasteiger partial charge in [-0.3, -0.25) is 9.69 Å². The summed E-state index contributed by atoms with van der Waals surface area (Å²) >= 11 is 0. The van der Waals surface area contributed by atoms with Gasteiger partial charge in [-0.2, -0.15) is 0 Å². The van der Waals surface area contributed by atoms with Gasteiger partial charge in [0.25, 0.3) is 0 Å². The molecule has 2 heterocycles. The van der Waals surface area contributed by atoms with E-state index in [2.05, 4.69) is 4.90 Å².